The van der Waals surface area contributed by atoms with Gasteiger partial charge in [0.1, 0.15) is 23.5 Å². The van der Waals surface area contributed by atoms with Gasteiger partial charge in [-0.15, -0.1) is 0 Å². The molecule has 4 aromatic rings. The highest BCUT2D eigenvalue weighted by molar-refractivity contribution is 5.96. The summed E-state index contributed by atoms with van der Waals surface area (Å²) >= 11 is 0. The second-order valence-corrected chi connectivity index (χ2v) is 6.98. The quantitative estimate of drug-likeness (QED) is 0.516. The number of amides is 1. The van der Waals surface area contributed by atoms with Crippen molar-refractivity contribution in [1.29, 1.82) is 0 Å². The van der Waals surface area contributed by atoms with Gasteiger partial charge in [-0.05, 0) is 29.8 Å². The average molecular weight is 401 g/mol. The first-order valence-electron chi connectivity index (χ1n) is 9.62. The van der Waals surface area contributed by atoms with Crippen molar-refractivity contribution in [1.82, 2.24) is 14.9 Å². The van der Waals surface area contributed by atoms with Crippen LogP contribution < -0.4 is 9.47 Å². The van der Waals surface area contributed by atoms with Gasteiger partial charge >= 0.3 is 0 Å². The lowest BCUT2D eigenvalue weighted by Gasteiger charge is -2.19. The van der Waals surface area contributed by atoms with E-state index >= 15 is 0 Å². The fourth-order valence-corrected chi connectivity index (χ4v) is 3.46. The number of hydrogen-bond acceptors (Lipinski definition) is 6. The maximum absolute atomic E-state index is 13.1. The number of para-hydroxylation sites is 1. The Kier molecular flexibility index (Phi) is 4.55. The van der Waals surface area contributed by atoms with Crippen molar-refractivity contribution in [2.75, 3.05) is 20.3 Å². The van der Waals surface area contributed by atoms with Gasteiger partial charge in [-0.25, -0.2) is 4.98 Å². The van der Waals surface area contributed by atoms with E-state index in [-0.39, 0.29) is 11.8 Å². The van der Waals surface area contributed by atoms with Gasteiger partial charge in [-0.3, -0.25) is 4.79 Å². The van der Waals surface area contributed by atoms with Gasteiger partial charge in [0.15, 0.2) is 11.6 Å². The van der Waals surface area contributed by atoms with Crippen LogP contribution in [-0.2, 0) is 6.54 Å². The molecular formula is C23H19N3O4. The number of fused-ring (bicyclic) bond motifs is 2. The number of aromatic nitrogens is 2. The Bertz CT molecular complexity index is 1180. The summed E-state index contributed by atoms with van der Waals surface area (Å²) in [7, 11) is 1.63. The molecule has 1 amide bonds. The third-order valence-electron chi connectivity index (χ3n) is 5.05. The number of carbonyl (C=O) groups is 1. The highest BCUT2D eigenvalue weighted by Crippen LogP contribution is 2.29. The van der Waals surface area contributed by atoms with Crippen LogP contribution in [0.1, 0.15) is 15.9 Å². The molecule has 0 spiro atoms. The molecule has 5 rings (SSSR count). The van der Waals surface area contributed by atoms with Gasteiger partial charge < -0.3 is 18.8 Å². The Hall–Kier alpha value is -3.87. The molecule has 7 nitrogen and oxygen atoms in total. The standard InChI is InChI=1S/C23H19N3O4/c1-28-17-8-6-15(7-9-17)14-26-10-11-29-22-18(23(26)27)13-24-21(25-22)20-12-16-4-2-3-5-19(16)30-20/h2-9,12-13H,10-11,14H2,1H3. The van der Waals surface area contributed by atoms with Gasteiger partial charge in [-0.2, -0.15) is 4.98 Å². The summed E-state index contributed by atoms with van der Waals surface area (Å²) < 4.78 is 16.8. The highest BCUT2D eigenvalue weighted by atomic mass is 16.5. The van der Waals surface area contributed by atoms with Crippen molar-refractivity contribution >= 4 is 16.9 Å². The van der Waals surface area contributed by atoms with Gasteiger partial charge in [0, 0.05) is 18.1 Å². The molecule has 30 heavy (non-hydrogen) atoms. The molecule has 7 heteroatoms. The normalized spacial score (nSPS) is 13.6. The smallest absolute Gasteiger partial charge is 0.261 e. The molecule has 3 heterocycles. The largest absolute Gasteiger partial charge is 0.497 e. The minimum absolute atomic E-state index is 0.158. The number of rotatable bonds is 4. The number of benzene rings is 2. The van der Waals surface area contributed by atoms with Crippen LogP contribution in [0.25, 0.3) is 22.6 Å². The molecule has 2 aromatic heterocycles. The molecule has 1 aliphatic rings. The van der Waals surface area contributed by atoms with Gasteiger partial charge in [0.2, 0.25) is 5.88 Å². The van der Waals surface area contributed by atoms with Crippen molar-refractivity contribution in [3.63, 3.8) is 0 Å². The van der Waals surface area contributed by atoms with E-state index in [0.29, 0.717) is 36.8 Å². The Balaban J connectivity index is 1.42. The predicted octanol–water partition coefficient (Wildman–Crippen LogP) is 3.93. The SMILES string of the molecule is COc1ccc(CN2CCOc3nc(-c4cc5ccccc5o4)ncc3C2=O)cc1. The summed E-state index contributed by atoms with van der Waals surface area (Å²) in [6.07, 6.45) is 1.51. The van der Waals surface area contributed by atoms with E-state index in [1.807, 2.05) is 54.6 Å². The van der Waals surface area contributed by atoms with Crippen molar-refractivity contribution in [2.45, 2.75) is 6.54 Å². The number of methoxy groups -OCH3 is 1. The monoisotopic (exact) mass is 401 g/mol. The van der Waals surface area contributed by atoms with Crippen LogP contribution in [0, 0.1) is 0 Å². The third-order valence-corrected chi connectivity index (χ3v) is 5.05. The lowest BCUT2D eigenvalue weighted by Crippen LogP contribution is -2.31. The molecule has 0 unspecified atom stereocenters. The lowest BCUT2D eigenvalue weighted by atomic mass is 10.2. The molecule has 0 saturated carbocycles. The second-order valence-electron chi connectivity index (χ2n) is 6.98. The molecule has 0 bridgehead atoms. The molecule has 150 valence electrons. The third kappa shape index (κ3) is 3.34. The van der Waals surface area contributed by atoms with Crippen LogP contribution in [0.2, 0.25) is 0 Å². The van der Waals surface area contributed by atoms with Crippen LogP contribution in [0.15, 0.2) is 65.2 Å². The average Bonchev–Trinajstić information content (AvgIpc) is 3.16. The zero-order valence-electron chi connectivity index (χ0n) is 16.4. The van der Waals surface area contributed by atoms with E-state index in [1.165, 1.54) is 6.20 Å². The molecule has 0 N–H and O–H groups in total. The van der Waals surface area contributed by atoms with E-state index in [0.717, 1.165) is 22.3 Å². The number of carbonyl (C=O) groups excluding carboxylic acids is 1. The minimum atomic E-state index is -0.158. The van der Waals surface area contributed by atoms with Crippen LogP contribution >= 0.6 is 0 Å². The lowest BCUT2D eigenvalue weighted by molar-refractivity contribution is 0.0742. The summed E-state index contributed by atoms with van der Waals surface area (Å²) in [5.74, 6) is 1.83. The van der Waals surface area contributed by atoms with Gasteiger partial charge in [0.25, 0.3) is 5.91 Å². The summed E-state index contributed by atoms with van der Waals surface area (Å²) in [5.41, 5.74) is 2.11. The maximum Gasteiger partial charge on any atom is 0.261 e. The van der Waals surface area contributed by atoms with E-state index in [4.69, 9.17) is 13.9 Å². The van der Waals surface area contributed by atoms with E-state index in [2.05, 4.69) is 9.97 Å². The molecule has 0 saturated heterocycles. The molecule has 1 aliphatic heterocycles. The van der Waals surface area contributed by atoms with Crippen molar-refractivity contribution in [2.24, 2.45) is 0 Å². The maximum atomic E-state index is 13.1. The number of furan rings is 1. The van der Waals surface area contributed by atoms with E-state index < -0.39 is 0 Å². The Labute approximate surface area is 172 Å². The first kappa shape index (κ1) is 18.2. The second kappa shape index (κ2) is 7.51. The first-order valence-corrected chi connectivity index (χ1v) is 9.62. The van der Waals surface area contributed by atoms with Crippen molar-refractivity contribution < 1.29 is 18.7 Å². The number of ether oxygens (including phenoxy) is 2. The molecule has 0 radical (unpaired) electrons. The minimum Gasteiger partial charge on any atom is -0.497 e. The van der Waals surface area contributed by atoms with Gasteiger partial charge in [0.05, 0.1) is 13.7 Å². The van der Waals surface area contributed by atoms with Crippen LogP contribution in [0.4, 0.5) is 0 Å². The molecule has 0 aliphatic carbocycles. The zero-order chi connectivity index (χ0) is 20.5. The van der Waals surface area contributed by atoms with Gasteiger partial charge in [-0.1, -0.05) is 30.3 Å². The predicted molar refractivity (Wildman–Crippen MR) is 110 cm³/mol. The zero-order valence-corrected chi connectivity index (χ0v) is 16.4. The summed E-state index contributed by atoms with van der Waals surface area (Å²) in [5, 5.41) is 0.966. The Morgan fingerprint density at radius 1 is 1.13 bits per heavy atom. The Morgan fingerprint density at radius 2 is 1.97 bits per heavy atom. The summed E-state index contributed by atoms with van der Waals surface area (Å²) in [6.45, 7) is 1.28. The van der Waals surface area contributed by atoms with E-state index in [1.54, 1.807) is 12.0 Å². The number of hydrogen-bond donors (Lipinski definition) is 0. The van der Waals surface area contributed by atoms with Crippen molar-refractivity contribution in [3.05, 3.63) is 71.9 Å². The molecular weight excluding hydrogens is 382 g/mol. The Morgan fingerprint density at radius 3 is 2.77 bits per heavy atom. The van der Waals surface area contributed by atoms with Crippen LogP contribution in [-0.4, -0.2) is 41.0 Å². The molecule has 0 atom stereocenters. The van der Waals surface area contributed by atoms with E-state index in [9.17, 15) is 4.79 Å². The summed E-state index contributed by atoms with van der Waals surface area (Å²) in [4.78, 5) is 23.6. The van der Waals surface area contributed by atoms with Crippen LogP contribution in [0.5, 0.6) is 11.6 Å². The topological polar surface area (TPSA) is 77.7 Å². The van der Waals surface area contributed by atoms with Crippen molar-refractivity contribution in [3.8, 4) is 23.2 Å². The first-order chi connectivity index (χ1) is 14.7. The van der Waals surface area contributed by atoms with Crippen LogP contribution in [0.3, 0.4) is 0 Å². The fraction of sp³-hybridized carbons (Fsp3) is 0.174. The molecule has 0 fully saturated rings. The highest BCUT2D eigenvalue weighted by Gasteiger charge is 2.26. The number of nitrogens with zero attached hydrogens (tertiary/aromatic N) is 3. The molecule has 2 aromatic carbocycles. The summed E-state index contributed by atoms with van der Waals surface area (Å²) in [6, 6.07) is 17.2. The fourth-order valence-electron chi connectivity index (χ4n) is 3.46.